The summed E-state index contributed by atoms with van der Waals surface area (Å²) in [6, 6.07) is 0. The van der Waals surface area contributed by atoms with Crippen LogP contribution < -0.4 is 0 Å². The van der Waals surface area contributed by atoms with Crippen LogP contribution in [0.3, 0.4) is 0 Å². The lowest BCUT2D eigenvalue weighted by Crippen LogP contribution is -1.93. The van der Waals surface area contributed by atoms with Crippen molar-refractivity contribution in [3.63, 3.8) is 0 Å². The highest BCUT2D eigenvalue weighted by Crippen LogP contribution is 2.04. The number of hydrogen-bond acceptors (Lipinski definition) is 4. The molecule has 60 valence electrons. The van der Waals surface area contributed by atoms with Crippen molar-refractivity contribution in [2.75, 3.05) is 14.2 Å². The summed E-state index contributed by atoms with van der Waals surface area (Å²) in [4.78, 5) is 4.00. The topological polar surface area (TPSA) is 37.0 Å². The molecule has 0 radical (unpaired) electrons. The van der Waals surface area contributed by atoms with E-state index in [2.05, 4.69) is 10.1 Å². The van der Waals surface area contributed by atoms with E-state index < -0.39 is 0 Å². The van der Waals surface area contributed by atoms with Gasteiger partial charge in [-0.25, -0.2) is 10.0 Å². The number of ether oxygens (including phenoxy) is 1. The molecule has 0 amide bonds. The molecule has 0 fully saturated rings. The average molecular weight is 153 g/mol. The fourth-order valence-corrected chi connectivity index (χ4v) is 0.498. The quantitative estimate of drug-likeness (QED) is 0.435. The third kappa shape index (κ3) is 2.41. The highest BCUT2D eigenvalue weighted by molar-refractivity contribution is 5.96. The number of aliphatic imine (C=N–C) groups is 1. The van der Waals surface area contributed by atoms with Crippen LogP contribution in [0.1, 0.15) is 6.92 Å². The predicted molar refractivity (Wildman–Crippen MR) is 44.5 cm³/mol. The normalized spacial score (nSPS) is 17.2. The first-order chi connectivity index (χ1) is 5.24. The maximum atomic E-state index is 4.90. The maximum Gasteiger partial charge on any atom is 0.263 e. The van der Waals surface area contributed by atoms with Crippen molar-refractivity contribution in [3.8, 4) is 0 Å². The molecule has 1 aliphatic heterocycles. The number of hydrogen-bond donors (Lipinski definition) is 0. The van der Waals surface area contributed by atoms with E-state index in [9.17, 15) is 0 Å². The smallest absolute Gasteiger partial charge is 0.263 e. The number of hydrazone groups is 1. The van der Waals surface area contributed by atoms with E-state index in [0.29, 0.717) is 0 Å². The molecule has 4 nitrogen and oxygen atoms in total. The van der Waals surface area contributed by atoms with Crippen LogP contribution >= 0.6 is 0 Å². The SMILES string of the molecule is CO/C(C)=C/C=NC1=NN1C. The summed E-state index contributed by atoms with van der Waals surface area (Å²) >= 11 is 0. The van der Waals surface area contributed by atoms with Gasteiger partial charge >= 0.3 is 0 Å². The fraction of sp³-hybridized carbons (Fsp3) is 0.429. The van der Waals surface area contributed by atoms with Gasteiger partial charge in [-0.2, -0.15) is 0 Å². The molecule has 1 aliphatic rings. The minimum Gasteiger partial charge on any atom is -0.501 e. The van der Waals surface area contributed by atoms with Crippen molar-refractivity contribution in [2.24, 2.45) is 10.1 Å². The molecule has 0 aromatic heterocycles. The predicted octanol–water partition coefficient (Wildman–Crippen LogP) is 0.824. The molecule has 0 aliphatic carbocycles. The maximum absolute atomic E-state index is 4.90. The Morgan fingerprint density at radius 3 is 2.82 bits per heavy atom. The molecule has 0 aromatic rings. The van der Waals surface area contributed by atoms with Gasteiger partial charge in [0.2, 0.25) is 0 Å². The van der Waals surface area contributed by atoms with Gasteiger partial charge in [-0.1, -0.05) is 0 Å². The molecule has 4 heteroatoms. The van der Waals surface area contributed by atoms with Gasteiger partial charge < -0.3 is 4.74 Å². The molecule has 1 heterocycles. The first kappa shape index (κ1) is 7.78. The van der Waals surface area contributed by atoms with Gasteiger partial charge in [0.1, 0.15) is 0 Å². The summed E-state index contributed by atoms with van der Waals surface area (Å²) in [6.07, 6.45) is 3.45. The van der Waals surface area contributed by atoms with E-state index in [1.165, 1.54) is 0 Å². The van der Waals surface area contributed by atoms with E-state index in [-0.39, 0.29) is 0 Å². The van der Waals surface area contributed by atoms with Crippen LogP contribution in [0.15, 0.2) is 21.9 Å². The standard InChI is InChI=1S/C7H11N3O/c1-6(11-3)4-5-8-7-9-10(7)2/h4-5H,1-3H3/b6-4+,8-5?. The third-order valence-electron chi connectivity index (χ3n) is 1.31. The molecule has 0 saturated heterocycles. The monoisotopic (exact) mass is 153 g/mol. The minimum absolute atomic E-state index is 0.755. The Kier molecular flexibility index (Phi) is 2.25. The van der Waals surface area contributed by atoms with Gasteiger partial charge in [0.25, 0.3) is 5.96 Å². The van der Waals surface area contributed by atoms with Gasteiger partial charge in [-0.05, 0) is 13.0 Å². The summed E-state index contributed by atoms with van der Waals surface area (Å²) in [7, 11) is 3.47. The highest BCUT2D eigenvalue weighted by atomic mass is 16.5. The summed E-state index contributed by atoms with van der Waals surface area (Å²) in [5.74, 6) is 1.59. The Hall–Kier alpha value is -1.32. The Morgan fingerprint density at radius 2 is 2.36 bits per heavy atom. The largest absolute Gasteiger partial charge is 0.501 e. The molecule has 11 heavy (non-hydrogen) atoms. The summed E-state index contributed by atoms with van der Waals surface area (Å²) in [5, 5.41) is 5.56. The number of allylic oxidation sites excluding steroid dienone is 2. The Labute approximate surface area is 65.9 Å². The fourth-order valence-electron chi connectivity index (χ4n) is 0.498. The van der Waals surface area contributed by atoms with E-state index in [1.54, 1.807) is 24.4 Å². The van der Waals surface area contributed by atoms with Gasteiger partial charge in [-0.3, -0.25) is 0 Å². The molecule has 0 saturated carbocycles. The van der Waals surface area contributed by atoms with E-state index in [4.69, 9.17) is 4.74 Å². The summed E-state index contributed by atoms with van der Waals surface area (Å²) in [6.45, 7) is 1.87. The lowest BCUT2D eigenvalue weighted by Gasteiger charge is -1.92. The van der Waals surface area contributed by atoms with E-state index >= 15 is 0 Å². The lowest BCUT2D eigenvalue weighted by atomic mass is 10.5. The summed E-state index contributed by atoms with van der Waals surface area (Å²) in [5.41, 5.74) is 0. The highest BCUT2D eigenvalue weighted by Gasteiger charge is 2.15. The van der Waals surface area contributed by atoms with Crippen molar-refractivity contribution in [1.82, 2.24) is 5.01 Å². The zero-order valence-corrected chi connectivity index (χ0v) is 6.90. The van der Waals surface area contributed by atoms with Gasteiger partial charge in [0.05, 0.1) is 12.9 Å². The molecule has 1 rings (SSSR count). The number of rotatable bonds is 2. The van der Waals surface area contributed by atoms with Gasteiger partial charge in [-0.15, -0.1) is 5.10 Å². The van der Waals surface area contributed by atoms with Crippen LogP contribution in [0.2, 0.25) is 0 Å². The molecular formula is C7H11N3O. The van der Waals surface area contributed by atoms with Crippen molar-refractivity contribution in [2.45, 2.75) is 6.92 Å². The van der Waals surface area contributed by atoms with E-state index in [1.807, 2.05) is 14.0 Å². The molecule has 0 aromatic carbocycles. The molecule has 0 bridgehead atoms. The van der Waals surface area contributed by atoms with Crippen LogP contribution in [0, 0.1) is 0 Å². The zero-order valence-electron chi connectivity index (χ0n) is 6.90. The average Bonchev–Trinajstić information content (AvgIpc) is 2.66. The Balaban J connectivity index is 2.31. The van der Waals surface area contributed by atoms with Crippen LogP contribution in [-0.2, 0) is 4.74 Å². The zero-order chi connectivity index (χ0) is 8.27. The minimum atomic E-state index is 0.755. The summed E-state index contributed by atoms with van der Waals surface area (Å²) < 4.78 is 4.90. The number of methoxy groups -OCH3 is 1. The number of nitrogens with zero attached hydrogens (tertiary/aromatic N) is 3. The van der Waals surface area contributed by atoms with Crippen LogP contribution in [0.4, 0.5) is 0 Å². The first-order valence-electron chi connectivity index (χ1n) is 3.31. The Morgan fingerprint density at radius 1 is 1.73 bits per heavy atom. The molecule has 0 N–H and O–H groups in total. The van der Waals surface area contributed by atoms with Crippen molar-refractivity contribution < 1.29 is 4.74 Å². The second-order valence-electron chi connectivity index (χ2n) is 2.18. The van der Waals surface area contributed by atoms with Crippen LogP contribution in [0.5, 0.6) is 0 Å². The van der Waals surface area contributed by atoms with E-state index in [0.717, 1.165) is 11.7 Å². The number of guanidine groups is 1. The Bertz CT molecular complexity index is 230. The van der Waals surface area contributed by atoms with Crippen LogP contribution in [0.25, 0.3) is 0 Å². The molecule has 0 unspecified atom stereocenters. The van der Waals surface area contributed by atoms with Crippen LogP contribution in [-0.4, -0.2) is 31.3 Å². The lowest BCUT2D eigenvalue weighted by molar-refractivity contribution is 0.294. The molecule has 0 spiro atoms. The molecule has 0 atom stereocenters. The van der Waals surface area contributed by atoms with Gasteiger partial charge in [0.15, 0.2) is 0 Å². The first-order valence-corrected chi connectivity index (χ1v) is 3.31. The van der Waals surface area contributed by atoms with Crippen molar-refractivity contribution in [1.29, 1.82) is 0 Å². The van der Waals surface area contributed by atoms with Crippen molar-refractivity contribution in [3.05, 3.63) is 11.8 Å². The van der Waals surface area contributed by atoms with Crippen molar-refractivity contribution >= 4 is 12.2 Å². The second kappa shape index (κ2) is 3.18. The third-order valence-corrected chi connectivity index (χ3v) is 1.31. The van der Waals surface area contributed by atoms with Gasteiger partial charge in [0, 0.05) is 13.3 Å². The second-order valence-corrected chi connectivity index (χ2v) is 2.18. The molecular weight excluding hydrogens is 142 g/mol.